The number of carbonyl (C=O) groups excluding carboxylic acids is 1. The van der Waals surface area contributed by atoms with Crippen LogP contribution in [-0.4, -0.2) is 32.2 Å². The number of hydrogen-bond donors (Lipinski definition) is 2. The maximum atomic E-state index is 12.4. The molecule has 2 N–H and O–H groups in total. The lowest BCUT2D eigenvalue weighted by Gasteiger charge is -2.11. The van der Waals surface area contributed by atoms with Crippen molar-refractivity contribution >= 4 is 22.5 Å². The second-order valence-electron chi connectivity index (χ2n) is 6.17. The number of fused-ring (bicyclic) bond motifs is 1. The number of nitrogens with one attached hydrogen (secondary N) is 2. The second kappa shape index (κ2) is 8.47. The lowest BCUT2D eigenvalue weighted by Crippen LogP contribution is -2.17. The maximum Gasteiger partial charge on any atom is 0.251 e. The molecule has 0 saturated carbocycles. The fraction of sp³-hybridized carbons (Fsp3) is 0.238. The molecule has 0 radical (unpaired) electrons. The number of rotatable bonds is 7. The van der Waals surface area contributed by atoms with Crippen LogP contribution in [0.4, 0.5) is 5.69 Å². The van der Waals surface area contributed by atoms with Crippen molar-refractivity contribution in [2.75, 3.05) is 26.6 Å². The number of para-hydroxylation sites is 2. The molecule has 3 aromatic rings. The topological polar surface area (TPSA) is 89.7 Å². The minimum Gasteiger partial charge on any atom is -0.495 e. The molecule has 0 saturated heterocycles. The van der Waals surface area contributed by atoms with Crippen LogP contribution in [0.5, 0.6) is 17.2 Å². The monoisotopic (exact) mass is 382 g/mol. The normalized spacial score (nSPS) is 10.5. The number of methoxy groups -OCH3 is 3. The van der Waals surface area contributed by atoms with E-state index >= 15 is 0 Å². The first-order valence-corrected chi connectivity index (χ1v) is 8.76. The van der Waals surface area contributed by atoms with Gasteiger partial charge in [0.15, 0.2) is 11.5 Å². The van der Waals surface area contributed by atoms with Gasteiger partial charge in [0, 0.05) is 23.4 Å². The Hall–Kier alpha value is -3.48. The van der Waals surface area contributed by atoms with Crippen LogP contribution in [0.2, 0.25) is 0 Å². The van der Waals surface area contributed by atoms with Gasteiger partial charge in [-0.1, -0.05) is 12.1 Å². The predicted octanol–water partition coefficient (Wildman–Crippen LogP) is 3.13. The third-order valence-electron chi connectivity index (χ3n) is 4.43. The first-order chi connectivity index (χ1) is 13.5. The summed E-state index contributed by atoms with van der Waals surface area (Å²) >= 11 is 0. The minimum absolute atomic E-state index is 0.167. The van der Waals surface area contributed by atoms with Gasteiger partial charge in [0.05, 0.1) is 32.5 Å². The Morgan fingerprint density at radius 2 is 1.64 bits per heavy atom. The quantitative estimate of drug-likeness (QED) is 0.655. The third-order valence-corrected chi connectivity index (χ3v) is 4.43. The van der Waals surface area contributed by atoms with E-state index in [0.717, 1.165) is 5.39 Å². The van der Waals surface area contributed by atoms with Crippen LogP contribution in [0.25, 0.3) is 10.9 Å². The number of ether oxygens (including phenoxy) is 3. The molecule has 0 aliphatic heterocycles. The van der Waals surface area contributed by atoms with Crippen molar-refractivity contribution in [3.05, 3.63) is 58.4 Å². The van der Waals surface area contributed by atoms with Crippen LogP contribution in [0, 0.1) is 0 Å². The summed E-state index contributed by atoms with van der Waals surface area (Å²) in [6.45, 7) is 0. The molecule has 28 heavy (non-hydrogen) atoms. The van der Waals surface area contributed by atoms with E-state index in [4.69, 9.17) is 14.2 Å². The molecule has 1 amide bonds. The van der Waals surface area contributed by atoms with Crippen molar-refractivity contribution in [1.82, 2.24) is 4.98 Å². The van der Waals surface area contributed by atoms with Crippen LogP contribution in [0.1, 0.15) is 12.0 Å². The van der Waals surface area contributed by atoms with Crippen LogP contribution in [0.15, 0.2) is 47.3 Å². The average molecular weight is 382 g/mol. The summed E-state index contributed by atoms with van der Waals surface area (Å²) in [5.74, 6) is 1.49. The van der Waals surface area contributed by atoms with Gasteiger partial charge in [-0.2, -0.15) is 0 Å². The second-order valence-corrected chi connectivity index (χ2v) is 6.17. The molecular formula is C21H22N2O5. The minimum atomic E-state index is -0.232. The summed E-state index contributed by atoms with van der Waals surface area (Å²) in [7, 11) is 4.64. The first kappa shape index (κ1) is 19.3. The highest BCUT2D eigenvalue weighted by atomic mass is 16.5. The van der Waals surface area contributed by atoms with Gasteiger partial charge >= 0.3 is 0 Å². The van der Waals surface area contributed by atoms with Crippen LogP contribution < -0.4 is 25.1 Å². The molecular weight excluding hydrogens is 360 g/mol. The molecule has 1 aromatic heterocycles. The molecule has 0 fully saturated rings. The summed E-state index contributed by atoms with van der Waals surface area (Å²) in [5.41, 5.74) is 1.53. The molecule has 3 rings (SSSR count). The molecule has 0 aliphatic carbocycles. The van der Waals surface area contributed by atoms with E-state index in [0.29, 0.717) is 40.4 Å². The Balaban J connectivity index is 1.77. The number of benzene rings is 2. The Morgan fingerprint density at radius 3 is 2.36 bits per heavy atom. The van der Waals surface area contributed by atoms with E-state index in [2.05, 4.69) is 10.3 Å². The number of amides is 1. The highest BCUT2D eigenvalue weighted by molar-refractivity contribution is 5.92. The molecule has 0 bridgehead atoms. The highest BCUT2D eigenvalue weighted by Gasteiger charge is 2.12. The maximum absolute atomic E-state index is 12.4. The van der Waals surface area contributed by atoms with Crippen molar-refractivity contribution in [1.29, 1.82) is 0 Å². The number of aromatic nitrogens is 1. The number of H-pyrrole nitrogens is 1. The Labute approximate surface area is 162 Å². The van der Waals surface area contributed by atoms with Crippen molar-refractivity contribution in [2.45, 2.75) is 12.8 Å². The van der Waals surface area contributed by atoms with Gasteiger partial charge in [-0.25, -0.2) is 0 Å². The van der Waals surface area contributed by atoms with Crippen molar-refractivity contribution in [2.24, 2.45) is 0 Å². The Kier molecular flexibility index (Phi) is 5.84. The molecule has 2 aromatic carbocycles. The van der Waals surface area contributed by atoms with Gasteiger partial charge in [-0.05, 0) is 30.7 Å². The van der Waals surface area contributed by atoms with Gasteiger partial charge in [0.1, 0.15) is 5.75 Å². The zero-order valence-corrected chi connectivity index (χ0v) is 16.0. The average Bonchev–Trinajstić information content (AvgIpc) is 2.71. The third kappa shape index (κ3) is 4.09. The lowest BCUT2D eigenvalue weighted by molar-refractivity contribution is -0.116. The fourth-order valence-electron chi connectivity index (χ4n) is 2.97. The molecule has 0 spiro atoms. The summed E-state index contributed by atoms with van der Waals surface area (Å²) < 4.78 is 15.8. The van der Waals surface area contributed by atoms with Gasteiger partial charge in [-0.15, -0.1) is 0 Å². The summed E-state index contributed by atoms with van der Waals surface area (Å²) in [5, 5.41) is 3.61. The van der Waals surface area contributed by atoms with E-state index in [1.54, 1.807) is 44.6 Å². The van der Waals surface area contributed by atoms with E-state index in [1.807, 2.05) is 12.1 Å². The van der Waals surface area contributed by atoms with Crippen molar-refractivity contribution in [3.63, 3.8) is 0 Å². The van der Waals surface area contributed by atoms with E-state index < -0.39 is 0 Å². The lowest BCUT2D eigenvalue weighted by atomic mass is 10.1. The molecule has 1 heterocycles. The van der Waals surface area contributed by atoms with Crippen LogP contribution in [-0.2, 0) is 11.2 Å². The zero-order valence-electron chi connectivity index (χ0n) is 16.0. The van der Waals surface area contributed by atoms with Crippen LogP contribution in [0.3, 0.4) is 0 Å². The van der Waals surface area contributed by atoms with Gasteiger partial charge < -0.3 is 24.5 Å². The summed E-state index contributed by atoms with van der Waals surface area (Å²) in [4.78, 5) is 27.5. The highest BCUT2D eigenvalue weighted by Crippen LogP contribution is 2.31. The molecule has 7 nitrogen and oxygen atoms in total. The fourth-order valence-corrected chi connectivity index (χ4v) is 2.97. The van der Waals surface area contributed by atoms with E-state index in [1.165, 1.54) is 7.11 Å². The first-order valence-electron chi connectivity index (χ1n) is 8.76. The molecule has 146 valence electrons. The summed E-state index contributed by atoms with van der Waals surface area (Å²) in [6, 6.07) is 12.5. The van der Waals surface area contributed by atoms with E-state index in [-0.39, 0.29) is 17.9 Å². The van der Waals surface area contributed by atoms with Crippen molar-refractivity contribution in [3.8, 4) is 17.2 Å². The van der Waals surface area contributed by atoms with Crippen molar-refractivity contribution < 1.29 is 19.0 Å². The van der Waals surface area contributed by atoms with Crippen LogP contribution >= 0.6 is 0 Å². The number of carbonyl (C=O) groups is 1. The Morgan fingerprint density at radius 1 is 0.964 bits per heavy atom. The van der Waals surface area contributed by atoms with Gasteiger partial charge in [0.2, 0.25) is 5.91 Å². The number of aromatic amines is 1. The zero-order chi connectivity index (χ0) is 20.1. The Bertz CT molecular complexity index is 1060. The van der Waals surface area contributed by atoms with Gasteiger partial charge in [0.25, 0.3) is 5.56 Å². The predicted molar refractivity (Wildman–Crippen MR) is 108 cm³/mol. The standard InChI is InChI=1S/C21H22N2O5/c1-26-17-7-5-4-6-15(17)22-20(24)9-8-13-10-14-11-18(27-2)19(28-3)12-16(14)23-21(13)25/h4-7,10-12H,8-9H2,1-3H3,(H,22,24)(H,23,25). The number of anilines is 1. The molecule has 0 aliphatic rings. The van der Waals surface area contributed by atoms with E-state index in [9.17, 15) is 9.59 Å². The number of hydrogen-bond acceptors (Lipinski definition) is 5. The number of aryl methyl sites for hydroxylation is 1. The molecule has 7 heteroatoms. The van der Waals surface area contributed by atoms with Gasteiger partial charge in [-0.3, -0.25) is 9.59 Å². The summed E-state index contributed by atoms with van der Waals surface area (Å²) in [6.07, 6.45) is 0.473. The largest absolute Gasteiger partial charge is 0.495 e. The number of pyridine rings is 1. The SMILES string of the molecule is COc1ccccc1NC(=O)CCc1cc2cc(OC)c(OC)cc2[nH]c1=O. The molecule has 0 unspecified atom stereocenters. The smallest absolute Gasteiger partial charge is 0.251 e. The molecule has 0 atom stereocenters.